The Hall–Kier alpha value is -3.19. The quantitative estimate of drug-likeness (QED) is 0.670. The number of aliphatic hydroxyl groups is 1. The van der Waals surface area contributed by atoms with Crippen LogP contribution in [0.2, 0.25) is 0 Å². The first-order chi connectivity index (χ1) is 13.0. The number of hydrogen-bond donors (Lipinski definition) is 1. The van der Waals surface area contributed by atoms with Gasteiger partial charge in [-0.3, -0.25) is 14.5 Å². The van der Waals surface area contributed by atoms with Crippen LogP contribution in [0.3, 0.4) is 0 Å². The number of aliphatic hydroxyl groups excluding tert-OH is 1. The van der Waals surface area contributed by atoms with E-state index in [4.69, 9.17) is 4.42 Å². The van der Waals surface area contributed by atoms with Crippen LogP contribution in [0.1, 0.15) is 27.2 Å². The maximum Gasteiger partial charge on any atom is 0.294 e. The molecule has 1 aromatic carbocycles. The molecule has 4 rings (SSSR count). The summed E-state index contributed by atoms with van der Waals surface area (Å²) in [6, 6.07) is 11.1. The molecule has 0 aliphatic carbocycles. The van der Waals surface area contributed by atoms with Crippen molar-refractivity contribution < 1.29 is 23.5 Å². The number of nitrogens with zero attached hydrogens (tertiary/aromatic N) is 1. The predicted molar refractivity (Wildman–Crippen MR) is 98.4 cm³/mol. The number of benzene rings is 1. The largest absolute Gasteiger partial charge is 0.503 e. The van der Waals surface area contributed by atoms with E-state index in [-0.39, 0.29) is 11.3 Å². The van der Waals surface area contributed by atoms with Crippen molar-refractivity contribution in [3.05, 3.63) is 87.5 Å². The number of amides is 1. The molecule has 0 saturated carbocycles. The number of carbonyl (C=O) groups is 2. The average molecular weight is 383 g/mol. The molecule has 0 fully saturated rings. The monoisotopic (exact) mass is 383 g/mol. The number of furan rings is 1. The molecule has 0 radical (unpaired) electrons. The minimum Gasteiger partial charge on any atom is -0.503 e. The number of Topliss-reactive ketones (excluding diaryl/α,β-unsaturated/α-hetero) is 1. The van der Waals surface area contributed by atoms with E-state index in [9.17, 15) is 19.1 Å². The molecule has 3 heterocycles. The van der Waals surface area contributed by atoms with Gasteiger partial charge in [0, 0.05) is 5.69 Å². The summed E-state index contributed by atoms with van der Waals surface area (Å²) in [6.45, 7) is 1.73. The molecule has 1 unspecified atom stereocenters. The van der Waals surface area contributed by atoms with Crippen molar-refractivity contribution in [2.45, 2.75) is 13.0 Å². The minimum absolute atomic E-state index is 0.0824. The van der Waals surface area contributed by atoms with Crippen LogP contribution in [0.15, 0.2) is 69.7 Å². The van der Waals surface area contributed by atoms with E-state index < -0.39 is 29.3 Å². The van der Waals surface area contributed by atoms with Crippen molar-refractivity contribution in [3.63, 3.8) is 0 Å². The van der Waals surface area contributed by atoms with Crippen LogP contribution in [-0.4, -0.2) is 16.8 Å². The summed E-state index contributed by atoms with van der Waals surface area (Å²) in [5.41, 5.74) is 0.139. The Bertz CT molecular complexity index is 1070. The first kappa shape index (κ1) is 17.2. The van der Waals surface area contributed by atoms with E-state index in [0.717, 1.165) is 0 Å². The minimum atomic E-state index is -0.984. The zero-order chi connectivity index (χ0) is 19.1. The van der Waals surface area contributed by atoms with Crippen molar-refractivity contribution >= 4 is 28.7 Å². The van der Waals surface area contributed by atoms with Crippen molar-refractivity contribution in [1.29, 1.82) is 0 Å². The lowest BCUT2D eigenvalue weighted by Crippen LogP contribution is -2.30. The fourth-order valence-electron chi connectivity index (χ4n) is 3.14. The van der Waals surface area contributed by atoms with E-state index in [0.29, 0.717) is 16.4 Å². The number of carbonyl (C=O) groups excluding carboxylic acids is 2. The molecule has 0 saturated heterocycles. The van der Waals surface area contributed by atoms with Crippen LogP contribution in [0, 0.1) is 12.7 Å². The molecule has 1 amide bonds. The highest BCUT2D eigenvalue weighted by atomic mass is 32.1. The van der Waals surface area contributed by atoms with Crippen LogP contribution >= 0.6 is 11.3 Å². The van der Waals surface area contributed by atoms with E-state index >= 15 is 0 Å². The fraction of sp³-hybridized carbons (Fsp3) is 0.100. The van der Waals surface area contributed by atoms with Gasteiger partial charge in [-0.15, -0.1) is 11.3 Å². The third kappa shape index (κ3) is 2.86. The summed E-state index contributed by atoms with van der Waals surface area (Å²) in [7, 11) is 0. The second-order valence-electron chi connectivity index (χ2n) is 6.07. The third-order valence-electron chi connectivity index (χ3n) is 4.31. The summed E-state index contributed by atoms with van der Waals surface area (Å²) < 4.78 is 19.4. The number of ketones is 1. The van der Waals surface area contributed by atoms with E-state index in [2.05, 4.69) is 0 Å². The molecule has 1 atom stereocenters. The number of halogens is 1. The number of hydrogen-bond acceptors (Lipinski definition) is 5. The molecule has 1 aliphatic heterocycles. The first-order valence-electron chi connectivity index (χ1n) is 8.14. The summed E-state index contributed by atoms with van der Waals surface area (Å²) in [5, 5.41) is 12.2. The van der Waals surface area contributed by atoms with Crippen molar-refractivity contribution in [3.8, 4) is 0 Å². The van der Waals surface area contributed by atoms with Gasteiger partial charge in [0.15, 0.2) is 5.76 Å². The lowest BCUT2D eigenvalue weighted by atomic mass is 10.00. The second kappa shape index (κ2) is 6.51. The lowest BCUT2D eigenvalue weighted by molar-refractivity contribution is -0.117. The maximum atomic E-state index is 13.8. The summed E-state index contributed by atoms with van der Waals surface area (Å²) >= 11 is 1.21. The van der Waals surface area contributed by atoms with Gasteiger partial charge in [0.1, 0.15) is 23.4 Å². The number of aryl methyl sites for hydroxylation is 1. The van der Waals surface area contributed by atoms with Crippen LogP contribution < -0.4 is 4.90 Å². The molecule has 0 spiro atoms. The number of rotatable bonds is 4. The van der Waals surface area contributed by atoms with E-state index in [1.165, 1.54) is 40.5 Å². The Labute approximate surface area is 158 Å². The lowest BCUT2D eigenvalue weighted by Gasteiger charge is -2.24. The van der Waals surface area contributed by atoms with Gasteiger partial charge in [0.25, 0.3) is 5.91 Å². The van der Waals surface area contributed by atoms with Gasteiger partial charge in [0.2, 0.25) is 5.78 Å². The summed E-state index contributed by atoms with van der Waals surface area (Å²) in [4.78, 5) is 27.4. The van der Waals surface area contributed by atoms with E-state index in [1.54, 1.807) is 36.6 Å². The number of thiophene rings is 1. The summed E-state index contributed by atoms with van der Waals surface area (Å²) in [5.74, 6) is -1.53. The van der Waals surface area contributed by atoms with Crippen LogP contribution in [-0.2, 0) is 4.79 Å². The molecule has 136 valence electrons. The van der Waals surface area contributed by atoms with E-state index in [1.807, 2.05) is 0 Å². The maximum absolute atomic E-state index is 13.8. The first-order valence-corrected chi connectivity index (χ1v) is 9.02. The molecule has 1 aliphatic rings. The van der Waals surface area contributed by atoms with Crippen molar-refractivity contribution in [2.24, 2.45) is 0 Å². The fourth-order valence-corrected chi connectivity index (χ4v) is 3.82. The smallest absolute Gasteiger partial charge is 0.294 e. The Morgan fingerprint density at radius 2 is 2.04 bits per heavy atom. The van der Waals surface area contributed by atoms with Gasteiger partial charge in [-0.2, -0.15) is 0 Å². The molecular weight excluding hydrogens is 369 g/mol. The van der Waals surface area contributed by atoms with Gasteiger partial charge < -0.3 is 9.52 Å². The van der Waals surface area contributed by atoms with Crippen molar-refractivity contribution in [2.75, 3.05) is 4.90 Å². The molecule has 0 bridgehead atoms. The second-order valence-corrected chi connectivity index (χ2v) is 7.02. The highest BCUT2D eigenvalue weighted by molar-refractivity contribution is 7.12. The normalized spacial score (nSPS) is 17.0. The molecule has 3 aromatic rings. The topological polar surface area (TPSA) is 70.8 Å². The number of anilines is 1. The molecule has 2 aromatic heterocycles. The average Bonchev–Trinajstić information content (AvgIpc) is 3.36. The Morgan fingerprint density at radius 1 is 1.22 bits per heavy atom. The van der Waals surface area contributed by atoms with Gasteiger partial charge in [0.05, 0.1) is 10.5 Å². The molecule has 7 heteroatoms. The summed E-state index contributed by atoms with van der Waals surface area (Å²) in [6.07, 6.45) is 0. The Balaban J connectivity index is 1.88. The Morgan fingerprint density at radius 3 is 2.67 bits per heavy atom. The van der Waals surface area contributed by atoms with Gasteiger partial charge in [-0.1, -0.05) is 12.1 Å². The van der Waals surface area contributed by atoms with Crippen LogP contribution in [0.4, 0.5) is 10.1 Å². The van der Waals surface area contributed by atoms with Gasteiger partial charge in [-0.05, 0) is 48.7 Å². The highest BCUT2D eigenvalue weighted by Crippen LogP contribution is 2.42. The van der Waals surface area contributed by atoms with Crippen LogP contribution in [0.5, 0.6) is 0 Å². The standard InChI is InChI=1S/C20H14FNO4S/c1-11-7-8-14(26-11)17-16(18(23)15-6-3-9-27-15)19(24)20(25)22(17)13-5-2-4-12(21)10-13/h2-10,17,24H,1H3. The Kier molecular flexibility index (Phi) is 4.16. The van der Waals surface area contributed by atoms with Gasteiger partial charge in [-0.25, -0.2) is 4.39 Å². The zero-order valence-electron chi connectivity index (χ0n) is 14.2. The molecular formula is C20H14FNO4S. The van der Waals surface area contributed by atoms with Crippen LogP contribution in [0.25, 0.3) is 0 Å². The van der Waals surface area contributed by atoms with Crippen molar-refractivity contribution in [1.82, 2.24) is 0 Å². The molecule has 5 nitrogen and oxygen atoms in total. The molecule has 27 heavy (non-hydrogen) atoms. The third-order valence-corrected chi connectivity index (χ3v) is 5.18. The predicted octanol–water partition coefficient (Wildman–Crippen LogP) is 4.57. The zero-order valence-corrected chi connectivity index (χ0v) is 15.0. The SMILES string of the molecule is Cc1ccc(C2C(C(=O)c3cccs3)=C(O)C(=O)N2c2cccc(F)c2)o1. The van der Waals surface area contributed by atoms with Gasteiger partial charge >= 0.3 is 0 Å². The highest BCUT2D eigenvalue weighted by Gasteiger charge is 2.46. The molecule has 1 N–H and O–H groups in total.